The normalized spacial score (nSPS) is 18.0. The molecule has 1 aliphatic carbocycles. The van der Waals surface area contributed by atoms with Gasteiger partial charge in [-0.25, -0.2) is 0 Å². The van der Waals surface area contributed by atoms with E-state index in [1.54, 1.807) is 32.4 Å². The molecule has 0 aliphatic heterocycles. The Balaban J connectivity index is 1.78. The van der Waals surface area contributed by atoms with Crippen molar-refractivity contribution in [1.82, 2.24) is 0 Å². The van der Waals surface area contributed by atoms with Crippen LogP contribution in [0.25, 0.3) is 0 Å². The minimum absolute atomic E-state index is 0.0691. The maximum Gasteiger partial charge on any atom is 0.232 e. The number of hydrogen-bond donors (Lipinski definition) is 0. The van der Waals surface area contributed by atoms with Crippen molar-refractivity contribution in [2.75, 3.05) is 14.2 Å². The zero-order valence-corrected chi connectivity index (χ0v) is 23.7. The van der Waals surface area contributed by atoms with Gasteiger partial charge in [0.2, 0.25) is 5.78 Å². The lowest BCUT2D eigenvalue weighted by Crippen LogP contribution is -2.42. The third-order valence-electron chi connectivity index (χ3n) is 7.90. The highest BCUT2D eigenvalue weighted by Gasteiger charge is 2.43. The van der Waals surface area contributed by atoms with E-state index >= 15 is 0 Å². The molecule has 1 heterocycles. The van der Waals surface area contributed by atoms with Crippen molar-refractivity contribution in [1.29, 1.82) is 0 Å². The van der Waals surface area contributed by atoms with Crippen LogP contribution in [0, 0.1) is 6.92 Å². The summed E-state index contributed by atoms with van der Waals surface area (Å²) in [5.74, 6) is 2.38. The first-order valence-corrected chi connectivity index (χ1v) is 15.5. The fourth-order valence-corrected chi connectivity index (χ4v) is 6.06. The minimum atomic E-state index is -2.08. The van der Waals surface area contributed by atoms with Crippen LogP contribution in [0.1, 0.15) is 77.8 Å². The first-order valence-electron chi connectivity index (χ1n) is 12.6. The third kappa shape index (κ3) is 4.89. The molecule has 0 radical (unpaired) electrons. The van der Waals surface area contributed by atoms with Crippen LogP contribution >= 0.6 is 0 Å². The highest BCUT2D eigenvalue weighted by molar-refractivity contribution is 6.74. The molecule has 3 aromatic rings. The van der Waals surface area contributed by atoms with Crippen molar-refractivity contribution >= 4 is 14.1 Å². The van der Waals surface area contributed by atoms with Gasteiger partial charge in [0.15, 0.2) is 14.1 Å². The lowest BCUT2D eigenvalue weighted by atomic mass is 9.81. The molecule has 192 valence electrons. The van der Waals surface area contributed by atoms with Crippen molar-refractivity contribution in [2.24, 2.45) is 0 Å². The van der Waals surface area contributed by atoms with Gasteiger partial charge in [0, 0.05) is 23.6 Å². The number of ketones is 1. The molecule has 2 aromatic carbocycles. The molecule has 0 saturated heterocycles. The summed E-state index contributed by atoms with van der Waals surface area (Å²) < 4.78 is 24.2. The number of carbonyl (C=O) groups excluding carboxylic acids is 1. The van der Waals surface area contributed by atoms with Crippen LogP contribution in [0.3, 0.4) is 0 Å². The first-order chi connectivity index (χ1) is 17.0. The molecule has 0 amide bonds. The standard InChI is InChI=1S/C30H38O5Si/c1-19-27-25(34-29(19)28(31)23-15-14-22(32-5)18-24(23)33-6)16-21(20-12-10-9-11-13-20)17-26(27)35-36(7,8)30(2,3)4/h9-15,18,21,26H,16-17H2,1-8H3. The number of benzene rings is 2. The van der Waals surface area contributed by atoms with Gasteiger partial charge in [-0.2, -0.15) is 0 Å². The van der Waals surface area contributed by atoms with Crippen molar-refractivity contribution < 1.29 is 23.1 Å². The molecule has 0 fully saturated rings. The molecule has 2 atom stereocenters. The Morgan fingerprint density at radius 3 is 2.33 bits per heavy atom. The Morgan fingerprint density at radius 2 is 1.72 bits per heavy atom. The molecule has 0 N–H and O–H groups in total. The van der Waals surface area contributed by atoms with Gasteiger partial charge in [-0.1, -0.05) is 51.1 Å². The van der Waals surface area contributed by atoms with E-state index in [9.17, 15) is 4.79 Å². The number of hydrogen-bond acceptors (Lipinski definition) is 5. The zero-order chi connectivity index (χ0) is 26.3. The largest absolute Gasteiger partial charge is 0.497 e. The van der Waals surface area contributed by atoms with Crippen molar-refractivity contribution in [3.05, 3.63) is 82.3 Å². The monoisotopic (exact) mass is 506 g/mol. The summed E-state index contributed by atoms with van der Waals surface area (Å²) >= 11 is 0. The van der Waals surface area contributed by atoms with E-state index in [1.807, 2.05) is 13.0 Å². The summed E-state index contributed by atoms with van der Waals surface area (Å²) in [6.45, 7) is 13.3. The number of fused-ring (bicyclic) bond motifs is 1. The Bertz CT molecular complexity index is 1240. The lowest BCUT2D eigenvalue weighted by Gasteiger charge is -2.41. The number of rotatable bonds is 7. The average molecular weight is 507 g/mol. The molecule has 0 bridgehead atoms. The second kappa shape index (κ2) is 9.90. The second-order valence-corrected chi connectivity index (χ2v) is 16.0. The van der Waals surface area contributed by atoms with Gasteiger partial charge in [0.05, 0.1) is 25.9 Å². The molecule has 36 heavy (non-hydrogen) atoms. The molecule has 2 unspecified atom stereocenters. The number of ether oxygens (including phenoxy) is 2. The highest BCUT2D eigenvalue weighted by Crippen LogP contribution is 2.48. The summed E-state index contributed by atoms with van der Waals surface area (Å²) in [5, 5.41) is 0.0691. The molecule has 6 heteroatoms. The maximum atomic E-state index is 13.7. The summed E-state index contributed by atoms with van der Waals surface area (Å²) in [6, 6.07) is 15.8. The van der Waals surface area contributed by atoms with Gasteiger partial charge in [-0.15, -0.1) is 0 Å². The van der Waals surface area contributed by atoms with Crippen molar-refractivity contribution in [3.63, 3.8) is 0 Å². The van der Waals surface area contributed by atoms with Gasteiger partial charge in [-0.05, 0) is 55.1 Å². The predicted molar refractivity (Wildman–Crippen MR) is 145 cm³/mol. The van der Waals surface area contributed by atoms with Crippen molar-refractivity contribution in [3.8, 4) is 11.5 Å². The summed E-state index contributed by atoms with van der Waals surface area (Å²) in [7, 11) is 1.06. The third-order valence-corrected chi connectivity index (χ3v) is 12.4. The molecule has 4 rings (SSSR count). The lowest BCUT2D eigenvalue weighted by molar-refractivity contribution is 0.100. The van der Waals surface area contributed by atoms with E-state index in [2.05, 4.69) is 58.1 Å². The van der Waals surface area contributed by atoms with Gasteiger partial charge >= 0.3 is 0 Å². The molecule has 0 spiro atoms. The van der Waals surface area contributed by atoms with Crippen LogP contribution in [0.2, 0.25) is 18.1 Å². The Labute approximate surface area is 215 Å². The number of furan rings is 1. The molecule has 0 saturated carbocycles. The Morgan fingerprint density at radius 1 is 1.03 bits per heavy atom. The van der Waals surface area contributed by atoms with Gasteiger partial charge in [0.25, 0.3) is 0 Å². The number of methoxy groups -OCH3 is 2. The predicted octanol–water partition coefficient (Wildman–Crippen LogP) is 7.63. The SMILES string of the molecule is COc1ccc(C(=O)c2oc3c(c2C)C(O[Si](C)(C)C(C)(C)C)CC(c2ccccc2)C3)c(OC)c1. The zero-order valence-electron chi connectivity index (χ0n) is 22.7. The van der Waals surface area contributed by atoms with Crippen LogP contribution in [0.4, 0.5) is 0 Å². The smallest absolute Gasteiger partial charge is 0.232 e. The fourth-order valence-electron chi connectivity index (χ4n) is 4.79. The van der Waals surface area contributed by atoms with Crippen LogP contribution in [0.5, 0.6) is 11.5 Å². The van der Waals surface area contributed by atoms with Gasteiger partial charge in [0.1, 0.15) is 17.3 Å². The molecular formula is C30H38O5Si. The molecular weight excluding hydrogens is 468 g/mol. The molecule has 1 aliphatic rings. The van der Waals surface area contributed by atoms with E-state index in [-0.39, 0.29) is 22.8 Å². The molecule has 1 aromatic heterocycles. The first kappa shape index (κ1) is 26.2. The molecule has 5 nitrogen and oxygen atoms in total. The maximum absolute atomic E-state index is 13.7. The summed E-state index contributed by atoms with van der Waals surface area (Å²) in [6.07, 6.45) is 1.48. The second-order valence-electron chi connectivity index (χ2n) is 11.2. The van der Waals surface area contributed by atoms with E-state index in [0.717, 1.165) is 29.7 Å². The van der Waals surface area contributed by atoms with Crippen LogP contribution in [-0.2, 0) is 10.8 Å². The summed E-state index contributed by atoms with van der Waals surface area (Å²) in [4.78, 5) is 13.7. The quantitative estimate of drug-likeness (QED) is 0.244. The Hall–Kier alpha value is -2.83. The minimum Gasteiger partial charge on any atom is -0.497 e. The van der Waals surface area contributed by atoms with E-state index in [0.29, 0.717) is 22.8 Å². The van der Waals surface area contributed by atoms with E-state index in [4.69, 9.17) is 18.3 Å². The topological polar surface area (TPSA) is 57.9 Å². The highest BCUT2D eigenvalue weighted by atomic mass is 28.4. The summed E-state index contributed by atoms with van der Waals surface area (Å²) in [5.41, 5.74) is 3.63. The van der Waals surface area contributed by atoms with Crippen LogP contribution in [-0.4, -0.2) is 28.3 Å². The van der Waals surface area contributed by atoms with Gasteiger partial charge < -0.3 is 18.3 Å². The van der Waals surface area contributed by atoms with E-state index in [1.165, 1.54) is 5.56 Å². The van der Waals surface area contributed by atoms with E-state index < -0.39 is 8.32 Å². The van der Waals surface area contributed by atoms with Gasteiger partial charge in [-0.3, -0.25) is 4.79 Å². The Kier molecular flexibility index (Phi) is 7.22. The number of carbonyl (C=O) groups is 1. The van der Waals surface area contributed by atoms with Crippen LogP contribution in [0.15, 0.2) is 52.9 Å². The van der Waals surface area contributed by atoms with Crippen molar-refractivity contribution in [2.45, 2.75) is 70.7 Å². The average Bonchev–Trinajstić information content (AvgIpc) is 3.19. The fraction of sp³-hybridized carbons (Fsp3) is 0.433. The van der Waals surface area contributed by atoms with Crippen LogP contribution < -0.4 is 9.47 Å².